The third-order valence-electron chi connectivity index (χ3n) is 5.52. The van der Waals surface area contributed by atoms with Gasteiger partial charge in [-0.15, -0.1) is 0 Å². The van der Waals surface area contributed by atoms with Crippen molar-refractivity contribution in [1.29, 1.82) is 0 Å². The number of carbonyl (C=O) groups excluding carboxylic acids is 2. The van der Waals surface area contributed by atoms with Crippen LogP contribution >= 0.6 is 0 Å². The largest absolute Gasteiger partial charge is 0.383 e. The van der Waals surface area contributed by atoms with Crippen molar-refractivity contribution >= 4 is 11.8 Å². The van der Waals surface area contributed by atoms with E-state index >= 15 is 0 Å². The summed E-state index contributed by atoms with van der Waals surface area (Å²) in [5, 5.41) is 2.97. The number of benzene rings is 1. The fourth-order valence-electron chi connectivity index (χ4n) is 4.09. The van der Waals surface area contributed by atoms with Crippen LogP contribution < -0.4 is 5.32 Å². The summed E-state index contributed by atoms with van der Waals surface area (Å²) in [7, 11) is 1.66. The second-order valence-electron chi connectivity index (χ2n) is 7.39. The van der Waals surface area contributed by atoms with E-state index in [1.54, 1.807) is 7.11 Å². The molecule has 0 aromatic heterocycles. The maximum atomic E-state index is 12.9. The van der Waals surface area contributed by atoms with Crippen molar-refractivity contribution < 1.29 is 14.3 Å². The van der Waals surface area contributed by atoms with Crippen LogP contribution in [0.15, 0.2) is 30.3 Å². The third-order valence-corrected chi connectivity index (χ3v) is 5.52. The molecule has 2 amide bonds. The molecule has 1 atom stereocenters. The first-order valence-electron chi connectivity index (χ1n) is 9.44. The fraction of sp³-hybridized carbons (Fsp3) is 0.600. The van der Waals surface area contributed by atoms with Crippen LogP contribution in [0, 0.1) is 5.41 Å². The van der Waals surface area contributed by atoms with E-state index in [4.69, 9.17) is 4.74 Å². The Morgan fingerprint density at radius 1 is 1.23 bits per heavy atom. The van der Waals surface area contributed by atoms with Gasteiger partial charge in [-0.3, -0.25) is 14.5 Å². The quantitative estimate of drug-likeness (QED) is 0.796. The lowest BCUT2D eigenvalue weighted by atomic mass is 9.78. The molecule has 0 aliphatic carbocycles. The Kier molecular flexibility index (Phi) is 6.27. The number of hydrogen-bond acceptors (Lipinski definition) is 4. The summed E-state index contributed by atoms with van der Waals surface area (Å²) in [5.74, 6) is 0.262. The van der Waals surface area contributed by atoms with Gasteiger partial charge in [-0.2, -0.15) is 0 Å². The van der Waals surface area contributed by atoms with Crippen LogP contribution in [-0.2, 0) is 20.9 Å². The van der Waals surface area contributed by atoms with E-state index in [-0.39, 0.29) is 17.2 Å². The molecule has 6 nitrogen and oxygen atoms in total. The summed E-state index contributed by atoms with van der Waals surface area (Å²) in [4.78, 5) is 29.3. The number of carbonyl (C=O) groups is 2. The summed E-state index contributed by atoms with van der Waals surface area (Å²) < 4.78 is 5.12. The zero-order valence-electron chi connectivity index (χ0n) is 15.6. The first-order chi connectivity index (χ1) is 12.6. The molecule has 1 N–H and O–H groups in total. The van der Waals surface area contributed by atoms with E-state index in [9.17, 15) is 9.59 Å². The van der Waals surface area contributed by atoms with Crippen molar-refractivity contribution in [2.45, 2.75) is 25.8 Å². The van der Waals surface area contributed by atoms with Crippen LogP contribution in [0.5, 0.6) is 0 Å². The van der Waals surface area contributed by atoms with E-state index in [1.165, 1.54) is 0 Å². The predicted octanol–water partition coefficient (Wildman–Crippen LogP) is 1.26. The lowest BCUT2D eigenvalue weighted by Crippen LogP contribution is -2.51. The molecule has 0 saturated carbocycles. The van der Waals surface area contributed by atoms with Crippen LogP contribution in [0.25, 0.3) is 0 Å². The molecule has 1 spiro atoms. The molecular formula is C20H29N3O3. The molecule has 0 bridgehead atoms. The van der Waals surface area contributed by atoms with Gasteiger partial charge in [0.1, 0.15) is 0 Å². The van der Waals surface area contributed by atoms with Crippen LogP contribution in [0.2, 0.25) is 0 Å². The molecule has 2 aliphatic rings. The maximum absolute atomic E-state index is 12.9. The van der Waals surface area contributed by atoms with Gasteiger partial charge in [-0.25, -0.2) is 0 Å². The van der Waals surface area contributed by atoms with E-state index in [1.807, 2.05) is 35.2 Å². The number of methoxy groups -OCH3 is 1. The van der Waals surface area contributed by atoms with Gasteiger partial charge in [0.15, 0.2) is 0 Å². The molecule has 2 aliphatic heterocycles. The molecule has 26 heavy (non-hydrogen) atoms. The van der Waals surface area contributed by atoms with Gasteiger partial charge >= 0.3 is 0 Å². The first kappa shape index (κ1) is 18.9. The highest BCUT2D eigenvalue weighted by atomic mass is 16.5. The number of hydrogen-bond donors (Lipinski definition) is 1. The van der Waals surface area contributed by atoms with Gasteiger partial charge in [0.05, 0.1) is 18.6 Å². The summed E-state index contributed by atoms with van der Waals surface area (Å²) in [5.41, 5.74) is 0.793. The van der Waals surface area contributed by atoms with Crippen molar-refractivity contribution in [2.75, 3.05) is 46.4 Å². The first-order valence-corrected chi connectivity index (χ1v) is 9.44. The lowest BCUT2D eigenvalue weighted by Gasteiger charge is -2.39. The standard InChI is InChI=1S/C20H29N3O3/c1-26-13-12-23-10-5-8-20(19(23)25)9-11-22(16-20)15-18(24)21-14-17-6-3-2-4-7-17/h2-4,6-7H,5,8-16H2,1H3,(H,21,24)/t20-/m0/s1. The van der Waals surface area contributed by atoms with E-state index in [2.05, 4.69) is 10.2 Å². The molecule has 0 unspecified atom stereocenters. The normalized spacial score (nSPS) is 23.6. The highest BCUT2D eigenvalue weighted by molar-refractivity contribution is 5.84. The van der Waals surface area contributed by atoms with Gasteiger partial charge in [0, 0.05) is 33.3 Å². The highest BCUT2D eigenvalue weighted by Crippen LogP contribution is 2.39. The molecule has 0 radical (unpaired) electrons. The number of amides is 2. The SMILES string of the molecule is COCCN1CCC[C@@]2(CCN(CC(=O)NCc3ccccc3)C2)C1=O. The number of piperidine rings is 1. The zero-order valence-corrected chi connectivity index (χ0v) is 15.6. The Labute approximate surface area is 155 Å². The van der Waals surface area contributed by atoms with Crippen molar-refractivity contribution in [1.82, 2.24) is 15.1 Å². The van der Waals surface area contributed by atoms with Crippen LogP contribution in [-0.4, -0.2) is 68.1 Å². The second-order valence-corrected chi connectivity index (χ2v) is 7.39. The van der Waals surface area contributed by atoms with Gasteiger partial charge in [0.2, 0.25) is 11.8 Å². The summed E-state index contributed by atoms with van der Waals surface area (Å²) >= 11 is 0. The van der Waals surface area contributed by atoms with Crippen molar-refractivity contribution in [2.24, 2.45) is 5.41 Å². The molecule has 142 valence electrons. The molecular weight excluding hydrogens is 330 g/mol. The van der Waals surface area contributed by atoms with Gasteiger partial charge in [0.25, 0.3) is 0 Å². The average Bonchev–Trinajstić information content (AvgIpc) is 3.06. The van der Waals surface area contributed by atoms with Gasteiger partial charge in [-0.1, -0.05) is 30.3 Å². The molecule has 1 aromatic rings. The topological polar surface area (TPSA) is 61.9 Å². The van der Waals surface area contributed by atoms with Gasteiger partial charge in [-0.05, 0) is 31.4 Å². The highest BCUT2D eigenvalue weighted by Gasteiger charge is 2.48. The van der Waals surface area contributed by atoms with Crippen LogP contribution in [0.1, 0.15) is 24.8 Å². The molecule has 3 rings (SSSR count). The third kappa shape index (κ3) is 4.43. The van der Waals surface area contributed by atoms with Crippen LogP contribution in [0.4, 0.5) is 0 Å². The number of likely N-dealkylation sites (tertiary alicyclic amines) is 2. The zero-order chi connectivity index (χ0) is 18.4. The Hall–Kier alpha value is -1.92. The van der Waals surface area contributed by atoms with E-state index in [0.29, 0.717) is 32.8 Å². The van der Waals surface area contributed by atoms with E-state index < -0.39 is 0 Å². The minimum atomic E-state index is -0.300. The second kappa shape index (κ2) is 8.64. The summed E-state index contributed by atoms with van der Waals surface area (Å²) in [6.45, 7) is 4.46. The van der Waals surface area contributed by atoms with Gasteiger partial charge < -0.3 is 15.0 Å². The molecule has 2 saturated heterocycles. The van der Waals surface area contributed by atoms with Crippen LogP contribution in [0.3, 0.4) is 0 Å². The Morgan fingerprint density at radius 3 is 2.81 bits per heavy atom. The smallest absolute Gasteiger partial charge is 0.234 e. The lowest BCUT2D eigenvalue weighted by molar-refractivity contribution is -0.146. The van der Waals surface area contributed by atoms with Crippen molar-refractivity contribution in [3.8, 4) is 0 Å². The maximum Gasteiger partial charge on any atom is 0.234 e. The average molecular weight is 359 g/mol. The van der Waals surface area contributed by atoms with E-state index in [0.717, 1.165) is 37.9 Å². The fourth-order valence-corrected chi connectivity index (χ4v) is 4.09. The number of nitrogens with zero attached hydrogens (tertiary/aromatic N) is 2. The minimum Gasteiger partial charge on any atom is -0.383 e. The Bertz CT molecular complexity index is 622. The Balaban J connectivity index is 1.49. The van der Waals surface area contributed by atoms with Crippen molar-refractivity contribution in [3.63, 3.8) is 0 Å². The summed E-state index contributed by atoms with van der Waals surface area (Å²) in [6.07, 6.45) is 2.81. The molecule has 6 heteroatoms. The molecule has 2 fully saturated rings. The van der Waals surface area contributed by atoms with Crippen molar-refractivity contribution in [3.05, 3.63) is 35.9 Å². The molecule has 2 heterocycles. The number of ether oxygens (including phenoxy) is 1. The summed E-state index contributed by atoms with van der Waals surface area (Å²) in [6, 6.07) is 9.90. The Morgan fingerprint density at radius 2 is 2.04 bits per heavy atom. The monoisotopic (exact) mass is 359 g/mol. The minimum absolute atomic E-state index is 0.0189. The number of rotatable bonds is 7. The predicted molar refractivity (Wildman–Crippen MR) is 99.5 cm³/mol. The molecule has 1 aromatic carbocycles. The number of nitrogens with one attached hydrogen (secondary N) is 1.